The Morgan fingerprint density at radius 3 is 2.00 bits per heavy atom. The maximum atomic E-state index is 12.2. The Hall–Kier alpha value is -0.970. The van der Waals surface area contributed by atoms with Crippen molar-refractivity contribution in [1.82, 2.24) is 14.7 Å². The van der Waals surface area contributed by atoms with Crippen molar-refractivity contribution in [3.05, 3.63) is 0 Å². The van der Waals surface area contributed by atoms with Crippen LogP contribution in [0.4, 0.5) is 4.79 Å². The fraction of sp³-hybridized carbons (Fsp3) is 0.846. The van der Waals surface area contributed by atoms with Gasteiger partial charge >= 0.3 is 6.03 Å². The van der Waals surface area contributed by atoms with Gasteiger partial charge in [0.25, 0.3) is 0 Å². The molecule has 5 nitrogen and oxygen atoms in total. The lowest BCUT2D eigenvalue weighted by Crippen LogP contribution is -2.54. The van der Waals surface area contributed by atoms with Gasteiger partial charge in [-0.05, 0) is 13.8 Å². The monoisotopic (exact) mass is 289 g/mol. The molecule has 0 aliphatic carbocycles. The minimum atomic E-state index is -0.147. The number of rotatable bonds is 4. The molecule has 1 fully saturated rings. The fourth-order valence-corrected chi connectivity index (χ4v) is 2.32. The van der Waals surface area contributed by atoms with Crippen LogP contribution in [0.15, 0.2) is 0 Å². The molecule has 0 radical (unpaired) electrons. The van der Waals surface area contributed by atoms with Crippen molar-refractivity contribution in [2.75, 3.05) is 45.1 Å². The normalized spacial score (nSPS) is 17.3. The molecule has 0 N–H and O–H groups in total. The highest BCUT2D eigenvalue weighted by molar-refractivity contribution is 6.19. The molecule has 0 saturated carbocycles. The number of piperazine rings is 1. The number of nitrogens with zero attached hydrogens (tertiary/aromatic N) is 3. The molecular formula is C13H24ClN3O2. The first-order valence-corrected chi connectivity index (χ1v) is 7.47. The summed E-state index contributed by atoms with van der Waals surface area (Å²) < 4.78 is 0. The molecule has 0 aromatic rings. The molecule has 1 saturated heterocycles. The van der Waals surface area contributed by atoms with Gasteiger partial charge in [-0.1, -0.05) is 6.92 Å². The highest BCUT2D eigenvalue weighted by Crippen LogP contribution is 2.10. The lowest BCUT2D eigenvalue weighted by Gasteiger charge is -2.37. The number of halogens is 1. The van der Waals surface area contributed by atoms with E-state index in [0.29, 0.717) is 32.1 Å². The van der Waals surface area contributed by atoms with Gasteiger partial charge in [0.1, 0.15) is 0 Å². The van der Waals surface area contributed by atoms with Crippen LogP contribution in [0.25, 0.3) is 0 Å². The molecule has 3 amide bonds. The number of hydrogen-bond donors (Lipinski definition) is 0. The zero-order chi connectivity index (χ0) is 14.4. The van der Waals surface area contributed by atoms with Crippen LogP contribution in [-0.2, 0) is 4.79 Å². The van der Waals surface area contributed by atoms with Crippen LogP contribution in [0.5, 0.6) is 0 Å². The molecule has 1 unspecified atom stereocenters. The van der Waals surface area contributed by atoms with Gasteiger partial charge < -0.3 is 14.7 Å². The van der Waals surface area contributed by atoms with E-state index in [1.807, 2.05) is 25.7 Å². The van der Waals surface area contributed by atoms with Crippen molar-refractivity contribution in [2.24, 2.45) is 5.92 Å². The highest BCUT2D eigenvalue weighted by atomic mass is 35.5. The molecule has 1 aliphatic heterocycles. The maximum absolute atomic E-state index is 12.2. The van der Waals surface area contributed by atoms with E-state index in [1.54, 1.807) is 9.80 Å². The van der Waals surface area contributed by atoms with Crippen molar-refractivity contribution in [1.29, 1.82) is 0 Å². The number of alkyl halides is 1. The predicted octanol–water partition coefficient (Wildman–Crippen LogP) is 1.47. The fourth-order valence-electron chi connectivity index (χ4n) is 2.19. The Morgan fingerprint density at radius 2 is 1.58 bits per heavy atom. The lowest BCUT2D eigenvalue weighted by molar-refractivity contribution is -0.135. The molecule has 0 aromatic carbocycles. The van der Waals surface area contributed by atoms with Crippen molar-refractivity contribution < 1.29 is 9.59 Å². The van der Waals surface area contributed by atoms with Crippen LogP contribution in [0.2, 0.25) is 0 Å². The largest absolute Gasteiger partial charge is 0.339 e. The number of hydrogen-bond acceptors (Lipinski definition) is 2. The summed E-state index contributed by atoms with van der Waals surface area (Å²) in [5.41, 5.74) is 0. The average Bonchev–Trinajstić information content (AvgIpc) is 2.47. The first kappa shape index (κ1) is 16.1. The Kier molecular flexibility index (Phi) is 6.42. The van der Waals surface area contributed by atoms with Crippen LogP contribution in [0.3, 0.4) is 0 Å². The number of carbonyl (C=O) groups excluding carboxylic acids is 2. The van der Waals surface area contributed by atoms with E-state index in [-0.39, 0.29) is 17.9 Å². The third-order valence-electron chi connectivity index (χ3n) is 3.55. The first-order valence-electron chi connectivity index (χ1n) is 6.93. The summed E-state index contributed by atoms with van der Waals surface area (Å²) in [5, 5.41) is 0. The summed E-state index contributed by atoms with van der Waals surface area (Å²) in [6, 6.07) is 0.0718. The van der Waals surface area contributed by atoms with E-state index in [4.69, 9.17) is 11.6 Å². The zero-order valence-electron chi connectivity index (χ0n) is 12.1. The van der Waals surface area contributed by atoms with Gasteiger partial charge in [-0.2, -0.15) is 0 Å². The second kappa shape index (κ2) is 7.58. The summed E-state index contributed by atoms with van der Waals surface area (Å²) in [6.45, 7) is 9.65. The van der Waals surface area contributed by atoms with E-state index in [9.17, 15) is 9.59 Å². The molecule has 19 heavy (non-hydrogen) atoms. The smallest absolute Gasteiger partial charge is 0.320 e. The third-order valence-corrected chi connectivity index (χ3v) is 4.01. The standard InChI is InChI=1S/C13H24ClN3O2/c1-4-15(5-2)13(19)17-8-6-16(7-9-17)12(18)11(3)10-14/h11H,4-10H2,1-3H3. The lowest BCUT2D eigenvalue weighted by atomic mass is 10.1. The SMILES string of the molecule is CCN(CC)C(=O)N1CCN(C(=O)C(C)CCl)CC1. The molecule has 1 rings (SSSR count). The summed E-state index contributed by atoms with van der Waals surface area (Å²) in [6.07, 6.45) is 0. The number of carbonyl (C=O) groups is 2. The Morgan fingerprint density at radius 1 is 1.11 bits per heavy atom. The topological polar surface area (TPSA) is 43.9 Å². The van der Waals surface area contributed by atoms with Crippen LogP contribution >= 0.6 is 11.6 Å². The van der Waals surface area contributed by atoms with E-state index in [0.717, 1.165) is 13.1 Å². The Bertz CT molecular complexity index is 313. The molecule has 1 atom stereocenters. The summed E-state index contributed by atoms with van der Waals surface area (Å²) in [4.78, 5) is 29.6. The van der Waals surface area contributed by atoms with Gasteiger partial charge in [0.2, 0.25) is 5.91 Å². The van der Waals surface area contributed by atoms with Crippen molar-refractivity contribution in [3.63, 3.8) is 0 Å². The summed E-state index contributed by atoms with van der Waals surface area (Å²) in [5.74, 6) is 0.286. The van der Waals surface area contributed by atoms with Crippen molar-refractivity contribution in [2.45, 2.75) is 20.8 Å². The van der Waals surface area contributed by atoms with E-state index in [1.165, 1.54) is 0 Å². The second-order valence-electron chi connectivity index (χ2n) is 4.82. The van der Waals surface area contributed by atoms with Crippen LogP contribution < -0.4 is 0 Å². The summed E-state index contributed by atoms with van der Waals surface area (Å²) in [7, 11) is 0. The average molecular weight is 290 g/mol. The molecule has 0 bridgehead atoms. The highest BCUT2D eigenvalue weighted by Gasteiger charge is 2.27. The zero-order valence-corrected chi connectivity index (χ0v) is 12.8. The van der Waals surface area contributed by atoms with Gasteiger partial charge in [-0.25, -0.2) is 4.79 Å². The molecule has 1 heterocycles. The van der Waals surface area contributed by atoms with E-state index >= 15 is 0 Å². The molecular weight excluding hydrogens is 266 g/mol. The third kappa shape index (κ3) is 4.00. The van der Waals surface area contributed by atoms with Gasteiger partial charge in [0, 0.05) is 51.1 Å². The quantitative estimate of drug-likeness (QED) is 0.736. The summed E-state index contributed by atoms with van der Waals surface area (Å²) >= 11 is 5.71. The Balaban J connectivity index is 2.49. The number of amides is 3. The molecule has 6 heteroatoms. The maximum Gasteiger partial charge on any atom is 0.320 e. The minimum absolute atomic E-state index is 0.0718. The van der Waals surface area contributed by atoms with Crippen LogP contribution in [-0.4, -0.2) is 71.8 Å². The van der Waals surface area contributed by atoms with Gasteiger partial charge in [0.15, 0.2) is 0 Å². The van der Waals surface area contributed by atoms with Crippen molar-refractivity contribution >= 4 is 23.5 Å². The number of urea groups is 1. The molecule has 0 spiro atoms. The van der Waals surface area contributed by atoms with E-state index < -0.39 is 0 Å². The molecule has 1 aliphatic rings. The molecule has 0 aromatic heterocycles. The minimum Gasteiger partial charge on any atom is -0.339 e. The van der Waals surface area contributed by atoms with Gasteiger partial charge in [-0.15, -0.1) is 11.6 Å². The molecule has 110 valence electrons. The van der Waals surface area contributed by atoms with Crippen molar-refractivity contribution in [3.8, 4) is 0 Å². The van der Waals surface area contributed by atoms with Gasteiger partial charge in [-0.3, -0.25) is 4.79 Å². The van der Waals surface area contributed by atoms with Gasteiger partial charge in [0.05, 0.1) is 0 Å². The second-order valence-corrected chi connectivity index (χ2v) is 5.13. The van der Waals surface area contributed by atoms with E-state index in [2.05, 4.69) is 0 Å². The van der Waals surface area contributed by atoms with Crippen LogP contribution in [0.1, 0.15) is 20.8 Å². The first-order chi connectivity index (χ1) is 9.04. The predicted molar refractivity (Wildman–Crippen MR) is 76.4 cm³/mol. The Labute approximate surface area is 120 Å². The van der Waals surface area contributed by atoms with Crippen LogP contribution in [0, 0.1) is 5.92 Å².